The highest BCUT2D eigenvalue weighted by Crippen LogP contribution is 2.19. The average Bonchev–Trinajstić information content (AvgIpc) is 2.26. The second-order valence-electron chi connectivity index (χ2n) is 4.15. The standard InChI is InChI=1S/C12H16N4O2S/c1-7-4-8(2-3-9(7)12(15)19)16(5-10(13)17)6-11(14)18/h2-4H,5-6H2,1H3,(H2,13,17)(H2,14,18)(H2,15,19). The molecule has 1 aromatic rings. The topological polar surface area (TPSA) is 115 Å². The summed E-state index contributed by atoms with van der Waals surface area (Å²) in [5, 5.41) is 0. The van der Waals surface area contributed by atoms with Gasteiger partial charge in [-0.3, -0.25) is 9.59 Å². The molecule has 0 unspecified atom stereocenters. The van der Waals surface area contributed by atoms with E-state index in [0.717, 1.165) is 11.1 Å². The van der Waals surface area contributed by atoms with Gasteiger partial charge in [0, 0.05) is 11.3 Å². The van der Waals surface area contributed by atoms with Gasteiger partial charge in [-0.25, -0.2) is 0 Å². The molecule has 0 spiro atoms. The summed E-state index contributed by atoms with van der Waals surface area (Å²) in [6.45, 7) is 1.66. The number of hydrogen-bond acceptors (Lipinski definition) is 4. The van der Waals surface area contributed by atoms with Crippen LogP contribution in [0.2, 0.25) is 0 Å². The van der Waals surface area contributed by atoms with Crippen LogP contribution in [0.1, 0.15) is 11.1 Å². The van der Waals surface area contributed by atoms with Gasteiger partial charge in [0.25, 0.3) is 0 Å². The molecule has 2 amide bonds. The zero-order valence-electron chi connectivity index (χ0n) is 10.6. The lowest BCUT2D eigenvalue weighted by Gasteiger charge is -2.22. The molecule has 19 heavy (non-hydrogen) atoms. The van der Waals surface area contributed by atoms with E-state index >= 15 is 0 Å². The maximum absolute atomic E-state index is 11.0. The summed E-state index contributed by atoms with van der Waals surface area (Å²) in [5.41, 5.74) is 18.1. The Bertz CT molecular complexity index is 514. The van der Waals surface area contributed by atoms with Crippen LogP contribution < -0.4 is 22.1 Å². The molecule has 102 valence electrons. The Morgan fingerprint density at radius 3 is 2.05 bits per heavy atom. The summed E-state index contributed by atoms with van der Waals surface area (Å²) >= 11 is 4.91. The van der Waals surface area contributed by atoms with Crippen molar-refractivity contribution in [2.75, 3.05) is 18.0 Å². The lowest BCUT2D eigenvalue weighted by atomic mass is 10.1. The van der Waals surface area contributed by atoms with Crippen LogP contribution in [0.3, 0.4) is 0 Å². The summed E-state index contributed by atoms with van der Waals surface area (Å²) in [7, 11) is 0. The molecule has 0 aliphatic rings. The zero-order valence-corrected chi connectivity index (χ0v) is 11.4. The zero-order chi connectivity index (χ0) is 14.6. The number of amides is 2. The Labute approximate surface area is 116 Å². The molecular weight excluding hydrogens is 264 g/mol. The smallest absolute Gasteiger partial charge is 0.236 e. The van der Waals surface area contributed by atoms with Crippen molar-refractivity contribution >= 4 is 34.7 Å². The highest BCUT2D eigenvalue weighted by Gasteiger charge is 2.13. The van der Waals surface area contributed by atoms with E-state index in [9.17, 15) is 9.59 Å². The number of aryl methyl sites for hydroxylation is 1. The van der Waals surface area contributed by atoms with Crippen molar-refractivity contribution in [3.05, 3.63) is 29.3 Å². The summed E-state index contributed by atoms with van der Waals surface area (Å²) in [4.78, 5) is 23.8. The van der Waals surface area contributed by atoms with Crippen LogP contribution in [0, 0.1) is 6.92 Å². The Hall–Kier alpha value is -2.15. The quantitative estimate of drug-likeness (QED) is 0.602. The van der Waals surface area contributed by atoms with Crippen molar-refractivity contribution in [2.45, 2.75) is 6.92 Å². The van der Waals surface area contributed by atoms with Crippen LogP contribution in [0.5, 0.6) is 0 Å². The molecule has 1 aromatic carbocycles. The minimum Gasteiger partial charge on any atom is -0.389 e. The van der Waals surface area contributed by atoms with Gasteiger partial charge in [0.15, 0.2) is 0 Å². The van der Waals surface area contributed by atoms with Gasteiger partial charge >= 0.3 is 0 Å². The third-order valence-electron chi connectivity index (χ3n) is 2.53. The molecule has 0 fully saturated rings. The molecule has 1 rings (SSSR count). The summed E-state index contributed by atoms with van der Waals surface area (Å²) in [6, 6.07) is 5.23. The number of benzene rings is 1. The van der Waals surface area contributed by atoms with Crippen molar-refractivity contribution in [2.24, 2.45) is 17.2 Å². The molecule has 0 heterocycles. The third-order valence-corrected chi connectivity index (χ3v) is 2.75. The number of carbonyl (C=O) groups is 2. The third kappa shape index (κ3) is 4.22. The molecule has 0 aliphatic heterocycles. The lowest BCUT2D eigenvalue weighted by molar-refractivity contribution is -0.117. The first-order valence-electron chi connectivity index (χ1n) is 5.53. The van der Waals surface area contributed by atoms with E-state index in [2.05, 4.69) is 0 Å². The Kier molecular flexibility index (Phi) is 4.82. The van der Waals surface area contributed by atoms with Gasteiger partial charge in [0.2, 0.25) is 11.8 Å². The fourth-order valence-electron chi connectivity index (χ4n) is 1.74. The molecule has 7 heteroatoms. The molecule has 0 saturated carbocycles. The second-order valence-corrected chi connectivity index (χ2v) is 4.59. The lowest BCUT2D eigenvalue weighted by Crippen LogP contribution is -2.39. The predicted molar refractivity (Wildman–Crippen MR) is 77.7 cm³/mol. The Morgan fingerprint density at radius 1 is 1.16 bits per heavy atom. The highest BCUT2D eigenvalue weighted by molar-refractivity contribution is 7.80. The predicted octanol–water partition coefficient (Wildman–Crippen LogP) is -0.594. The second kappa shape index (κ2) is 6.14. The minimum atomic E-state index is -0.544. The van der Waals surface area contributed by atoms with Gasteiger partial charge in [0.05, 0.1) is 13.1 Å². The minimum absolute atomic E-state index is 0.0885. The first kappa shape index (κ1) is 14.9. The number of primary amides is 2. The monoisotopic (exact) mass is 280 g/mol. The molecule has 0 bridgehead atoms. The number of rotatable bonds is 6. The van der Waals surface area contributed by atoms with Gasteiger partial charge in [0.1, 0.15) is 4.99 Å². The number of hydrogen-bond donors (Lipinski definition) is 3. The Balaban J connectivity index is 3.08. The molecule has 0 saturated heterocycles. The maximum Gasteiger partial charge on any atom is 0.236 e. The van der Waals surface area contributed by atoms with Gasteiger partial charge < -0.3 is 22.1 Å². The first-order valence-corrected chi connectivity index (χ1v) is 5.94. The van der Waals surface area contributed by atoms with Crippen LogP contribution >= 0.6 is 12.2 Å². The van der Waals surface area contributed by atoms with Crippen LogP contribution in [0.25, 0.3) is 0 Å². The highest BCUT2D eigenvalue weighted by atomic mass is 32.1. The molecule has 6 nitrogen and oxygen atoms in total. The number of anilines is 1. The average molecular weight is 280 g/mol. The van der Waals surface area contributed by atoms with Crippen molar-refractivity contribution in [3.8, 4) is 0 Å². The van der Waals surface area contributed by atoms with Gasteiger partial charge in [-0.1, -0.05) is 12.2 Å². The summed E-state index contributed by atoms with van der Waals surface area (Å²) in [6.07, 6.45) is 0. The van der Waals surface area contributed by atoms with Crippen LogP contribution in [-0.2, 0) is 9.59 Å². The number of thiocarbonyl (C=S) groups is 1. The first-order chi connectivity index (χ1) is 8.81. The van der Waals surface area contributed by atoms with Crippen molar-refractivity contribution in [1.29, 1.82) is 0 Å². The maximum atomic E-state index is 11.0. The normalized spacial score (nSPS) is 9.95. The molecule has 0 radical (unpaired) electrons. The van der Waals surface area contributed by atoms with Gasteiger partial charge in [-0.2, -0.15) is 0 Å². The molecule has 0 aliphatic carbocycles. The van der Waals surface area contributed by atoms with E-state index in [4.69, 9.17) is 29.4 Å². The van der Waals surface area contributed by atoms with E-state index in [1.54, 1.807) is 18.2 Å². The molecule has 0 aromatic heterocycles. The number of carbonyl (C=O) groups excluding carboxylic acids is 2. The number of nitrogens with zero attached hydrogens (tertiary/aromatic N) is 1. The van der Waals surface area contributed by atoms with Crippen molar-refractivity contribution in [1.82, 2.24) is 0 Å². The van der Waals surface area contributed by atoms with Crippen LogP contribution in [0.15, 0.2) is 18.2 Å². The molecule has 6 N–H and O–H groups in total. The van der Waals surface area contributed by atoms with E-state index in [0.29, 0.717) is 10.7 Å². The van der Waals surface area contributed by atoms with E-state index in [1.807, 2.05) is 6.92 Å². The van der Waals surface area contributed by atoms with Crippen molar-refractivity contribution < 1.29 is 9.59 Å². The van der Waals surface area contributed by atoms with Gasteiger partial charge in [-0.05, 0) is 30.7 Å². The van der Waals surface area contributed by atoms with E-state index in [1.165, 1.54) is 4.90 Å². The fourth-order valence-corrected chi connectivity index (χ4v) is 1.96. The largest absolute Gasteiger partial charge is 0.389 e. The van der Waals surface area contributed by atoms with Crippen LogP contribution in [-0.4, -0.2) is 29.9 Å². The Morgan fingerprint density at radius 2 is 1.68 bits per heavy atom. The van der Waals surface area contributed by atoms with Crippen LogP contribution in [0.4, 0.5) is 5.69 Å². The van der Waals surface area contributed by atoms with E-state index in [-0.39, 0.29) is 13.1 Å². The van der Waals surface area contributed by atoms with E-state index < -0.39 is 11.8 Å². The fraction of sp³-hybridized carbons (Fsp3) is 0.250. The van der Waals surface area contributed by atoms with Gasteiger partial charge in [-0.15, -0.1) is 0 Å². The van der Waals surface area contributed by atoms with Crippen molar-refractivity contribution in [3.63, 3.8) is 0 Å². The summed E-state index contributed by atoms with van der Waals surface area (Å²) in [5.74, 6) is -1.09. The molecular formula is C12H16N4O2S. The number of nitrogens with two attached hydrogens (primary N) is 3. The SMILES string of the molecule is Cc1cc(N(CC(N)=O)CC(N)=O)ccc1C(N)=S. The molecule has 0 atom stereocenters. The summed E-state index contributed by atoms with van der Waals surface area (Å²) < 4.78 is 0.